The Balaban J connectivity index is 2.58. The van der Waals surface area contributed by atoms with E-state index in [1.165, 1.54) is 25.3 Å². The van der Waals surface area contributed by atoms with E-state index in [1.54, 1.807) is 0 Å². The fourth-order valence-electron chi connectivity index (χ4n) is 1.36. The molecule has 1 aromatic carbocycles. The van der Waals surface area contributed by atoms with Gasteiger partial charge >= 0.3 is 5.97 Å². The number of aliphatic carboxylic acids is 1. The van der Waals surface area contributed by atoms with Crippen molar-refractivity contribution in [3.8, 4) is 11.5 Å². The van der Waals surface area contributed by atoms with Gasteiger partial charge in [-0.25, -0.2) is 0 Å². The lowest BCUT2D eigenvalue weighted by Gasteiger charge is -2.08. The fourth-order valence-corrected chi connectivity index (χ4v) is 1.36. The molecule has 6 nitrogen and oxygen atoms in total. The molecule has 18 heavy (non-hydrogen) atoms. The smallest absolute Gasteiger partial charge is 0.303 e. The molecule has 0 aliphatic rings. The molecule has 0 spiro atoms. The van der Waals surface area contributed by atoms with Crippen molar-refractivity contribution in [2.24, 2.45) is 0 Å². The number of nitrogens with one attached hydrogen (secondary N) is 1. The van der Waals surface area contributed by atoms with Crippen LogP contribution >= 0.6 is 0 Å². The van der Waals surface area contributed by atoms with Crippen molar-refractivity contribution in [3.63, 3.8) is 0 Å². The summed E-state index contributed by atoms with van der Waals surface area (Å²) >= 11 is 0. The van der Waals surface area contributed by atoms with Crippen LogP contribution in [0.5, 0.6) is 11.5 Å². The number of carbonyl (C=O) groups excluding carboxylic acids is 1. The SMILES string of the molecule is COc1ccc(O)c(C(=O)NCCCC(=O)O)c1. The van der Waals surface area contributed by atoms with Crippen LogP contribution < -0.4 is 10.1 Å². The monoisotopic (exact) mass is 253 g/mol. The molecule has 0 atom stereocenters. The van der Waals surface area contributed by atoms with E-state index < -0.39 is 11.9 Å². The quantitative estimate of drug-likeness (QED) is 0.657. The molecular formula is C12H15NO5. The molecule has 0 saturated carbocycles. The van der Waals surface area contributed by atoms with Crippen LogP contribution in [0.25, 0.3) is 0 Å². The van der Waals surface area contributed by atoms with E-state index in [9.17, 15) is 14.7 Å². The molecule has 1 rings (SSSR count). The average Bonchev–Trinajstić information content (AvgIpc) is 2.34. The van der Waals surface area contributed by atoms with Crippen LogP contribution in [0.3, 0.4) is 0 Å². The van der Waals surface area contributed by atoms with Crippen molar-refractivity contribution in [1.82, 2.24) is 5.32 Å². The molecular weight excluding hydrogens is 238 g/mol. The second-order valence-electron chi connectivity index (χ2n) is 3.64. The molecule has 0 saturated heterocycles. The van der Waals surface area contributed by atoms with E-state index in [-0.39, 0.29) is 24.3 Å². The number of phenolic OH excluding ortho intramolecular Hbond substituents is 1. The van der Waals surface area contributed by atoms with Crippen molar-refractivity contribution in [1.29, 1.82) is 0 Å². The van der Waals surface area contributed by atoms with E-state index in [1.807, 2.05) is 0 Å². The summed E-state index contributed by atoms with van der Waals surface area (Å²) in [4.78, 5) is 22.0. The van der Waals surface area contributed by atoms with Crippen LogP contribution in [0.1, 0.15) is 23.2 Å². The Bertz CT molecular complexity index is 444. The summed E-state index contributed by atoms with van der Waals surface area (Å²) < 4.78 is 4.95. The first-order valence-electron chi connectivity index (χ1n) is 5.41. The first kappa shape index (κ1) is 13.8. The number of carbonyl (C=O) groups is 2. The Morgan fingerprint density at radius 1 is 1.39 bits per heavy atom. The molecule has 0 aliphatic carbocycles. The highest BCUT2D eigenvalue weighted by Gasteiger charge is 2.11. The molecule has 0 aliphatic heterocycles. The Hall–Kier alpha value is -2.24. The number of ether oxygens (including phenoxy) is 1. The van der Waals surface area contributed by atoms with Crippen molar-refractivity contribution >= 4 is 11.9 Å². The van der Waals surface area contributed by atoms with Crippen LogP contribution in [-0.4, -0.2) is 35.7 Å². The van der Waals surface area contributed by atoms with E-state index >= 15 is 0 Å². The van der Waals surface area contributed by atoms with Crippen LogP contribution in [0, 0.1) is 0 Å². The van der Waals surface area contributed by atoms with Gasteiger partial charge in [0.15, 0.2) is 0 Å². The standard InChI is InChI=1S/C12H15NO5/c1-18-8-4-5-10(14)9(7-8)12(17)13-6-2-3-11(15)16/h4-5,7,14H,2-3,6H2,1H3,(H,13,17)(H,15,16). The van der Waals surface area contributed by atoms with Crippen molar-refractivity contribution in [2.75, 3.05) is 13.7 Å². The van der Waals surface area contributed by atoms with Gasteiger partial charge in [-0.05, 0) is 24.6 Å². The minimum absolute atomic E-state index is 0.00955. The van der Waals surface area contributed by atoms with Gasteiger partial charge in [0.2, 0.25) is 0 Å². The molecule has 98 valence electrons. The van der Waals surface area contributed by atoms with Crippen LogP contribution in [0.15, 0.2) is 18.2 Å². The lowest BCUT2D eigenvalue weighted by molar-refractivity contribution is -0.137. The molecule has 0 radical (unpaired) electrons. The Kier molecular flexibility index (Phi) is 4.98. The summed E-state index contributed by atoms with van der Waals surface area (Å²) in [6.45, 7) is 0.238. The molecule has 1 aromatic rings. The number of carboxylic acid groups (broad SMARTS) is 1. The van der Waals surface area contributed by atoms with Crippen LogP contribution in [0.2, 0.25) is 0 Å². The van der Waals surface area contributed by atoms with E-state index in [0.29, 0.717) is 12.2 Å². The summed E-state index contributed by atoms with van der Waals surface area (Å²) in [6, 6.07) is 4.32. The first-order chi connectivity index (χ1) is 8.54. The summed E-state index contributed by atoms with van der Waals surface area (Å²) in [5.74, 6) is -1.06. The van der Waals surface area contributed by atoms with Crippen molar-refractivity contribution in [3.05, 3.63) is 23.8 Å². The predicted molar refractivity (Wildman–Crippen MR) is 63.9 cm³/mol. The number of aromatic hydroxyl groups is 1. The molecule has 3 N–H and O–H groups in total. The molecule has 6 heteroatoms. The second kappa shape index (κ2) is 6.48. The lowest BCUT2D eigenvalue weighted by Crippen LogP contribution is -2.25. The molecule has 0 aromatic heterocycles. The first-order valence-corrected chi connectivity index (χ1v) is 5.41. The zero-order chi connectivity index (χ0) is 13.5. The van der Waals surface area contributed by atoms with E-state index in [0.717, 1.165) is 0 Å². The Morgan fingerprint density at radius 3 is 2.72 bits per heavy atom. The molecule has 0 bridgehead atoms. The number of hydrogen-bond acceptors (Lipinski definition) is 4. The van der Waals surface area contributed by atoms with Gasteiger partial charge in [-0.2, -0.15) is 0 Å². The number of rotatable bonds is 6. The molecule has 1 amide bonds. The molecule has 0 unspecified atom stereocenters. The Morgan fingerprint density at radius 2 is 2.11 bits per heavy atom. The summed E-state index contributed by atoms with van der Waals surface area (Å²) in [6.07, 6.45) is 0.330. The highest BCUT2D eigenvalue weighted by Crippen LogP contribution is 2.22. The van der Waals surface area contributed by atoms with Gasteiger partial charge in [-0.1, -0.05) is 0 Å². The van der Waals surface area contributed by atoms with E-state index in [4.69, 9.17) is 9.84 Å². The second-order valence-corrected chi connectivity index (χ2v) is 3.64. The normalized spacial score (nSPS) is 9.83. The summed E-state index contributed by atoms with van der Waals surface area (Å²) in [5, 5.41) is 20.5. The number of benzene rings is 1. The number of methoxy groups -OCH3 is 1. The third-order valence-corrected chi connectivity index (χ3v) is 2.30. The zero-order valence-electron chi connectivity index (χ0n) is 9.97. The highest BCUT2D eigenvalue weighted by molar-refractivity contribution is 5.97. The van der Waals surface area contributed by atoms with Gasteiger partial charge in [0.1, 0.15) is 11.5 Å². The van der Waals surface area contributed by atoms with Gasteiger partial charge in [0.05, 0.1) is 12.7 Å². The topological polar surface area (TPSA) is 95.9 Å². The van der Waals surface area contributed by atoms with Gasteiger partial charge in [0, 0.05) is 13.0 Å². The maximum absolute atomic E-state index is 11.7. The van der Waals surface area contributed by atoms with Gasteiger partial charge in [0.25, 0.3) is 5.91 Å². The summed E-state index contributed by atoms with van der Waals surface area (Å²) in [7, 11) is 1.46. The van der Waals surface area contributed by atoms with Crippen LogP contribution in [-0.2, 0) is 4.79 Å². The minimum Gasteiger partial charge on any atom is -0.507 e. The maximum atomic E-state index is 11.7. The lowest BCUT2D eigenvalue weighted by atomic mass is 10.1. The fraction of sp³-hybridized carbons (Fsp3) is 0.333. The van der Waals surface area contributed by atoms with Gasteiger partial charge < -0.3 is 20.3 Å². The summed E-state index contributed by atoms with van der Waals surface area (Å²) in [5.41, 5.74) is 0.102. The molecule has 0 fully saturated rings. The van der Waals surface area contributed by atoms with Crippen LogP contribution in [0.4, 0.5) is 0 Å². The number of carboxylic acids is 1. The van der Waals surface area contributed by atoms with Gasteiger partial charge in [-0.15, -0.1) is 0 Å². The third kappa shape index (κ3) is 3.97. The van der Waals surface area contributed by atoms with Gasteiger partial charge in [-0.3, -0.25) is 9.59 Å². The molecule has 0 heterocycles. The third-order valence-electron chi connectivity index (χ3n) is 2.30. The maximum Gasteiger partial charge on any atom is 0.303 e. The van der Waals surface area contributed by atoms with Crippen molar-refractivity contribution < 1.29 is 24.5 Å². The number of amides is 1. The van der Waals surface area contributed by atoms with E-state index in [2.05, 4.69) is 5.32 Å². The highest BCUT2D eigenvalue weighted by atomic mass is 16.5. The average molecular weight is 253 g/mol. The zero-order valence-corrected chi connectivity index (χ0v) is 9.97. The largest absolute Gasteiger partial charge is 0.507 e. The minimum atomic E-state index is -0.909. The predicted octanol–water partition coefficient (Wildman–Crippen LogP) is 0.995. The number of hydrogen-bond donors (Lipinski definition) is 3. The Labute approximate surface area is 104 Å². The number of phenols is 1. The van der Waals surface area contributed by atoms with Crippen molar-refractivity contribution in [2.45, 2.75) is 12.8 Å².